The summed E-state index contributed by atoms with van der Waals surface area (Å²) in [6, 6.07) is 0.666. The molecule has 0 amide bonds. The Labute approximate surface area is 114 Å². The Bertz CT molecular complexity index is 194. The van der Waals surface area contributed by atoms with Crippen LogP contribution in [0.4, 0.5) is 0 Å². The first kappa shape index (κ1) is 16.0. The SMILES string of the molecule is CCCCCCCCN1CCC(CC)CC1CN. The van der Waals surface area contributed by atoms with Crippen molar-refractivity contribution in [3.05, 3.63) is 0 Å². The maximum Gasteiger partial charge on any atom is 0.0221 e. The van der Waals surface area contributed by atoms with Gasteiger partial charge in [0.15, 0.2) is 0 Å². The molecule has 2 heteroatoms. The molecule has 1 heterocycles. The van der Waals surface area contributed by atoms with Crippen molar-refractivity contribution in [1.82, 2.24) is 4.90 Å². The van der Waals surface area contributed by atoms with Crippen molar-refractivity contribution in [3.63, 3.8) is 0 Å². The molecule has 0 spiro atoms. The summed E-state index contributed by atoms with van der Waals surface area (Å²) in [5.74, 6) is 0.930. The number of unbranched alkanes of at least 4 members (excludes halogenated alkanes) is 5. The van der Waals surface area contributed by atoms with Gasteiger partial charge < -0.3 is 5.73 Å². The molecule has 0 aromatic rings. The minimum Gasteiger partial charge on any atom is -0.329 e. The van der Waals surface area contributed by atoms with Crippen LogP contribution in [0, 0.1) is 5.92 Å². The van der Waals surface area contributed by atoms with Gasteiger partial charge in [0.1, 0.15) is 0 Å². The number of hydrogen-bond acceptors (Lipinski definition) is 2. The molecule has 1 fully saturated rings. The van der Waals surface area contributed by atoms with E-state index in [9.17, 15) is 0 Å². The highest BCUT2D eigenvalue weighted by Gasteiger charge is 2.25. The zero-order valence-corrected chi connectivity index (χ0v) is 12.7. The molecule has 1 aliphatic heterocycles. The molecular weight excluding hydrogens is 220 g/mol. The number of likely N-dealkylation sites (tertiary alicyclic amines) is 1. The van der Waals surface area contributed by atoms with Gasteiger partial charge in [-0.1, -0.05) is 52.4 Å². The second kappa shape index (κ2) is 9.80. The predicted molar refractivity (Wildman–Crippen MR) is 80.8 cm³/mol. The molecule has 108 valence electrons. The Morgan fingerprint density at radius 3 is 2.44 bits per heavy atom. The lowest BCUT2D eigenvalue weighted by Gasteiger charge is -2.38. The van der Waals surface area contributed by atoms with Gasteiger partial charge >= 0.3 is 0 Å². The van der Waals surface area contributed by atoms with Gasteiger partial charge in [-0.25, -0.2) is 0 Å². The summed E-state index contributed by atoms with van der Waals surface area (Å²) >= 11 is 0. The maximum atomic E-state index is 5.94. The summed E-state index contributed by atoms with van der Waals surface area (Å²) in [5, 5.41) is 0. The van der Waals surface area contributed by atoms with Gasteiger partial charge in [0.2, 0.25) is 0 Å². The smallest absolute Gasteiger partial charge is 0.0221 e. The normalized spacial score (nSPS) is 25.5. The quantitative estimate of drug-likeness (QED) is 0.634. The van der Waals surface area contributed by atoms with Crippen molar-refractivity contribution < 1.29 is 0 Å². The summed E-state index contributed by atoms with van der Waals surface area (Å²) in [6.07, 6.45) is 12.4. The molecule has 2 unspecified atom stereocenters. The van der Waals surface area contributed by atoms with E-state index in [1.165, 1.54) is 70.9 Å². The molecule has 1 saturated heterocycles. The van der Waals surface area contributed by atoms with E-state index in [-0.39, 0.29) is 0 Å². The minimum absolute atomic E-state index is 0.666. The molecule has 0 aliphatic carbocycles. The molecule has 0 bridgehead atoms. The molecule has 0 saturated carbocycles. The van der Waals surface area contributed by atoms with Crippen molar-refractivity contribution in [2.75, 3.05) is 19.6 Å². The number of hydrogen-bond donors (Lipinski definition) is 1. The van der Waals surface area contributed by atoms with Gasteiger partial charge in [-0.3, -0.25) is 4.90 Å². The Morgan fingerprint density at radius 2 is 1.78 bits per heavy atom. The number of piperidine rings is 1. The van der Waals surface area contributed by atoms with Gasteiger partial charge in [0, 0.05) is 12.6 Å². The second-order valence-corrected chi connectivity index (χ2v) is 5.99. The minimum atomic E-state index is 0.666. The Morgan fingerprint density at radius 1 is 1.06 bits per heavy atom. The molecule has 0 aromatic carbocycles. The molecule has 2 atom stereocenters. The summed E-state index contributed by atoms with van der Waals surface area (Å²) in [5.41, 5.74) is 5.94. The zero-order valence-electron chi connectivity index (χ0n) is 12.7. The van der Waals surface area contributed by atoms with Crippen LogP contribution in [0.15, 0.2) is 0 Å². The summed E-state index contributed by atoms with van der Waals surface area (Å²) < 4.78 is 0. The van der Waals surface area contributed by atoms with Crippen LogP contribution in [0.3, 0.4) is 0 Å². The van der Waals surface area contributed by atoms with E-state index in [0.717, 1.165) is 12.5 Å². The van der Waals surface area contributed by atoms with Crippen LogP contribution in [0.25, 0.3) is 0 Å². The van der Waals surface area contributed by atoms with Crippen LogP contribution < -0.4 is 5.73 Å². The molecule has 0 radical (unpaired) electrons. The average Bonchev–Trinajstić information content (AvgIpc) is 2.42. The van der Waals surface area contributed by atoms with Crippen molar-refractivity contribution in [1.29, 1.82) is 0 Å². The standard InChI is InChI=1S/C16H34N2/c1-3-5-6-7-8-9-11-18-12-10-15(4-2)13-16(18)14-17/h15-16H,3-14,17H2,1-2H3. The monoisotopic (exact) mass is 254 g/mol. The average molecular weight is 254 g/mol. The highest BCUT2D eigenvalue weighted by molar-refractivity contribution is 4.81. The third-order valence-corrected chi connectivity index (χ3v) is 4.59. The van der Waals surface area contributed by atoms with Crippen LogP contribution in [0.5, 0.6) is 0 Å². The third-order valence-electron chi connectivity index (χ3n) is 4.59. The fourth-order valence-corrected chi connectivity index (χ4v) is 3.19. The molecule has 1 rings (SSSR count). The second-order valence-electron chi connectivity index (χ2n) is 5.99. The van der Waals surface area contributed by atoms with E-state index in [2.05, 4.69) is 18.7 Å². The molecule has 2 nitrogen and oxygen atoms in total. The van der Waals surface area contributed by atoms with Crippen LogP contribution >= 0.6 is 0 Å². The molecule has 2 N–H and O–H groups in total. The van der Waals surface area contributed by atoms with Gasteiger partial charge in [0.05, 0.1) is 0 Å². The van der Waals surface area contributed by atoms with E-state index in [4.69, 9.17) is 5.73 Å². The highest BCUT2D eigenvalue weighted by atomic mass is 15.2. The largest absolute Gasteiger partial charge is 0.329 e. The first-order valence-corrected chi connectivity index (χ1v) is 8.25. The van der Waals surface area contributed by atoms with E-state index in [1.54, 1.807) is 0 Å². The van der Waals surface area contributed by atoms with Crippen LogP contribution in [0.1, 0.15) is 71.6 Å². The van der Waals surface area contributed by atoms with Gasteiger partial charge in [-0.2, -0.15) is 0 Å². The van der Waals surface area contributed by atoms with Crippen LogP contribution in [0.2, 0.25) is 0 Å². The Balaban J connectivity index is 2.12. The van der Waals surface area contributed by atoms with E-state index < -0.39 is 0 Å². The van der Waals surface area contributed by atoms with Crippen molar-refractivity contribution in [2.45, 2.75) is 77.7 Å². The van der Waals surface area contributed by atoms with E-state index >= 15 is 0 Å². The van der Waals surface area contributed by atoms with E-state index in [1.807, 2.05) is 0 Å². The van der Waals surface area contributed by atoms with Crippen LogP contribution in [-0.4, -0.2) is 30.6 Å². The lowest BCUT2D eigenvalue weighted by atomic mass is 9.88. The fraction of sp³-hybridized carbons (Fsp3) is 1.00. The highest BCUT2D eigenvalue weighted by Crippen LogP contribution is 2.25. The lowest BCUT2D eigenvalue weighted by Crippen LogP contribution is -2.46. The first-order chi connectivity index (χ1) is 8.81. The van der Waals surface area contributed by atoms with Gasteiger partial charge in [-0.15, -0.1) is 0 Å². The molecule has 1 aliphatic rings. The molecule has 18 heavy (non-hydrogen) atoms. The first-order valence-electron chi connectivity index (χ1n) is 8.25. The lowest BCUT2D eigenvalue weighted by molar-refractivity contribution is 0.112. The summed E-state index contributed by atoms with van der Waals surface area (Å²) in [7, 11) is 0. The topological polar surface area (TPSA) is 29.3 Å². The van der Waals surface area contributed by atoms with Crippen molar-refractivity contribution >= 4 is 0 Å². The van der Waals surface area contributed by atoms with Crippen LogP contribution in [-0.2, 0) is 0 Å². The van der Waals surface area contributed by atoms with Crippen molar-refractivity contribution in [2.24, 2.45) is 11.7 Å². The predicted octanol–water partition coefficient (Wildman–Crippen LogP) is 3.80. The maximum absolute atomic E-state index is 5.94. The number of nitrogens with two attached hydrogens (primary N) is 1. The Kier molecular flexibility index (Phi) is 8.70. The number of nitrogens with zero attached hydrogens (tertiary/aromatic N) is 1. The van der Waals surface area contributed by atoms with Gasteiger partial charge in [-0.05, 0) is 38.3 Å². The molecule has 0 aromatic heterocycles. The summed E-state index contributed by atoms with van der Waals surface area (Å²) in [6.45, 7) is 8.03. The van der Waals surface area contributed by atoms with Gasteiger partial charge in [0.25, 0.3) is 0 Å². The van der Waals surface area contributed by atoms with E-state index in [0.29, 0.717) is 6.04 Å². The summed E-state index contributed by atoms with van der Waals surface area (Å²) in [4.78, 5) is 2.66. The molecular formula is C16H34N2. The number of rotatable bonds is 9. The Hall–Kier alpha value is -0.0800. The fourth-order valence-electron chi connectivity index (χ4n) is 3.19. The third kappa shape index (κ3) is 5.71. The van der Waals surface area contributed by atoms with Crippen molar-refractivity contribution in [3.8, 4) is 0 Å². The zero-order chi connectivity index (χ0) is 13.2.